The van der Waals surface area contributed by atoms with Gasteiger partial charge in [-0.25, -0.2) is 9.18 Å². The normalized spacial score (nSPS) is 10.4. The van der Waals surface area contributed by atoms with E-state index in [0.29, 0.717) is 11.3 Å². The number of esters is 1. The molecule has 3 aromatic rings. The summed E-state index contributed by atoms with van der Waals surface area (Å²) in [5, 5.41) is 3.25. The minimum atomic E-state index is -0.655. The number of hydrogen-bond donors (Lipinski definition) is 1. The summed E-state index contributed by atoms with van der Waals surface area (Å²) in [5.41, 5.74) is 3.84. The Bertz CT molecular complexity index is 1030. The topological polar surface area (TPSA) is 55.4 Å². The molecule has 142 valence electrons. The van der Waals surface area contributed by atoms with E-state index < -0.39 is 24.2 Å². The van der Waals surface area contributed by atoms with Crippen molar-refractivity contribution in [2.75, 3.05) is 11.9 Å². The molecule has 0 unspecified atom stereocenters. The van der Waals surface area contributed by atoms with Gasteiger partial charge in [-0.15, -0.1) is 0 Å². The Balaban J connectivity index is 1.75. The maximum atomic E-state index is 13.7. The first-order chi connectivity index (χ1) is 13.5. The molecule has 0 aliphatic carbocycles. The molecule has 0 fully saturated rings. The Hall–Kier alpha value is -3.47. The summed E-state index contributed by atoms with van der Waals surface area (Å²) in [6.07, 6.45) is 0. The average Bonchev–Trinajstić information content (AvgIpc) is 2.70. The van der Waals surface area contributed by atoms with Crippen LogP contribution in [0.25, 0.3) is 0 Å². The van der Waals surface area contributed by atoms with E-state index >= 15 is 0 Å². The number of halogens is 1. The monoisotopic (exact) mass is 377 g/mol. The van der Waals surface area contributed by atoms with Crippen molar-refractivity contribution < 1.29 is 18.7 Å². The Morgan fingerprint density at radius 3 is 2.25 bits per heavy atom. The Kier molecular flexibility index (Phi) is 5.84. The van der Waals surface area contributed by atoms with Gasteiger partial charge in [-0.05, 0) is 55.3 Å². The van der Waals surface area contributed by atoms with Crippen molar-refractivity contribution in [1.82, 2.24) is 0 Å². The zero-order valence-corrected chi connectivity index (χ0v) is 15.7. The maximum Gasteiger partial charge on any atom is 0.340 e. The van der Waals surface area contributed by atoms with Crippen molar-refractivity contribution >= 4 is 23.1 Å². The molecule has 5 heteroatoms. The molecule has 0 spiro atoms. The van der Waals surface area contributed by atoms with Crippen LogP contribution in [0, 0.1) is 19.7 Å². The number of Topliss-reactive ketones (excluding diaryl/α,β-unsaturated/α-hetero) is 1. The lowest BCUT2D eigenvalue weighted by Gasteiger charge is -2.14. The molecule has 1 N–H and O–H groups in total. The van der Waals surface area contributed by atoms with Gasteiger partial charge in [0.2, 0.25) is 5.78 Å². The summed E-state index contributed by atoms with van der Waals surface area (Å²) >= 11 is 0. The van der Waals surface area contributed by atoms with Crippen LogP contribution in [0.4, 0.5) is 15.8 Å². The molecular weight excluding hydrogens is 357 g/mol. The van der Waals surface area contributed by atoms with Crippen LogP contribution in [-0.4, -0.2) is 18.4 Å². The van der Waals surface area contributed by atoms with Gasteiger partial charge in [0, 0.05) is 5.69 Å². The summed E-state index contributed by atoms with van der Waals surface area (Å²) < 4.78 is 18.8. The molecule has 0 heterocycles. The van der Waals surface area contributed by atoms with Crippen molar-refractivity contribution in [2.45, 2.75) is 13.8 Å². The van der Waals surface area contributed by atoms with E-state index in [1.807, 2.05) is 32.0 Å². The van der Waals surface area contributed by atoms with E-state index in [4.69, 9.17) is 4.74 Å². The Morgan fingerprint density at radius 1 is 0.857 bits per heavy atom. The number of hydrogen-bond acceptors (Lipinski definition) is 4. The second-order valence-corrected chi connectivity index (χ2v) is 6.40. The van der Waals surface area contributed by atoms with Gasteiger partial charge >= 0.3 is 5.97 Å². The Morgan fingerprint density at radius 2 is 1.50 bits per heavy atom. The van der Waals surface area contributed by atoms with Crippen LogP contribution >= 0.6 is 0 Å². The van der Waals surface area contributed by atoms with Crippen LogP contribution < -0.4 is 5.32 Å². The number of ketones is 1. The second kappa shape index (κ2) is 8.48. The molecule has 0 aliphatic heterocycles. The molecule has 0 atom stereocenters. The van der Waals surface area contributed by atoms with Crippen LogP contribution in [0.2, 0.25) is 0 Å². The van der Waals surface area contributed by atoms with Crippen molar-refractivity contribution in [3.63, 3.8) is 0 Å². The van der Waals surface area contributed by atoms with Crippen LogP contribution in [0.5, 0.6) is 0 Å². The second-order valence-electron chi connectivity index (χ2n) is 6.40. The minimum Gasteiger partial charge on any atom is -0.454 e. The first-order valence-corrected chi connectivity index (χ1v) is 8.84. The van der Waals surface area contributed by atoms with Crippen molar-refractivity contribution in [3.05, 3.63) is 94.8 Å². The quantitative estimate of drug-likeness (QED) is 0.472. The summed E-state index contributed by atoms with van der Waals surface area (Å²) in [6.45, 7) is 3.47. The highest BCUT2D eigenvalue weighted by Gasteiger charge is 2.17. The maximum absolute atomic E-state index is 13.7. The average molecular weight is 377 g/mol. The summed E-state index contributed by atoms with van der Waals surface area (Å²) in [6, 6.07) is 18.4. The van der Waals surface area contributed by atoms with Gasteiger partial charge in [0.1, 0.15) is 5.82 Å². The molecule has 3 aromatic carbocycles. The van der Waals surface area contributed by atoms with Gasteiger partial charge in [-0.1, -0.05) is 36.4 Å². The fourth-order valence-corrected chi connectivity index (χ4v) is 2.78. The fraction of sp³-hybridized carbons (Fsp3) is 0.130. The third kappa shape index (κ3) is 4.26. The van der Waals surface area contributed by atoms with Crippen LogP contribution in [0.15, 0.2) is 66.7 Å². The summed E-state index contributed by atoms with van der Waals surface area (Å²) in [4.78, 5) is 24.6. The lowest BCUT2D eigenvalue weighted by atomic mass is 10.1. The van der Waals surface area contributed by atoms with Gasteiger partial charge in [-0.3, -0.25) is 4.79 Å². The number of aryl methyl sites for hydroxylation is 1. The lowest BCUT2D eigenvalue weighted by molar-refractivity contribution is 0.0474. The molecule has 3 rings (SSSR count). The molecule has 0 bridgehead atoms. The molecule has 0 radical (unpaired) electrons. The first kappa shape index (κ1) is 19.3. The molecule has 0 aliphatic rings. The van der Waals surface area contributed by atoms with Crippen molar-refractivity contribution in [3.8, 4) is 0 Å². The molecule has 0 saturated heterocycles. The smallest absolute Gasteiger partial charge is 0.340 e. The number of benzene rings is 3. The molecule has 0 amide bonds. The first-order valence-electron chi connectivity index (χ1n) is 8.84. The van der Waals surface area contributed by atoms with E-state index in [0.717, 1.165) is 16.8 Å². The predicted octanol–water partition coefficient (Wildman–Crippen LogP) is 5.23. The SMILES string of the molecule is Cc1cccc(Nc2ccccc2C(=O)OCC(=O)c2ccccc2F)c1C. The summed E-state index contributed by atoms with van der Waals surface area (Å²) in [5.74, 6) is -1.88. The third-order valence-corrected chi connectivity index (χ3v) is 4.53. The number of rotatable bonds is 6. The number of carbonyl (C=O) groups is 2. The highest BCUT2D eigenvalue weighted by atomic mass is 19.1. The van der Waals surface area contributed by atoms with E-state index in [1.165, 1.54) is 18.2 Å². The number of anilines is 2. The van der Waals surface area contributed by atoms with Gasteiger partial charge < -0.3 is 10.1 Å². The van der Waals surface area contributed by atoms with Gasteiger partial charge in [-0.2, -0.15) is 0 Å². The van der Waals surface area contributed by atoms with Crippen molar-refractivity contribution in [2.24, 2.45) is 0 Å². The molecule has 28 heavy (non-hydrogen) atoms. The number of para-hydroxylation sites is 1. The van der Waals surface area contributed by atoms with Crippen LogP contribution in [0.3, 0.4) is 0 Å². The predicted molar refractivity (Wildman–Crippen MR) is 107 cm³/mol. The fourth-order valence-electron chi connectivity index (χ4n) is 2.78. The standard InChI is InChI=1S/C23H20FNO3/c1-15-8-7-13-20(16(15)2)25-21-12-6-4-10-18(21)23(27)28-14-22(26)17-9-3-5-11-19(17)24/h3-13,25H,14H2,1-2H3. The van der Waals surface area contributed by atoms with E-state index in [9.17, 15) is 14.0 Å². The molecule has 0 saturated carbocycles. The summed E-state index contributed by atoms with van der Waals surface area (Å²) in [7, 11) is 0. The van der Waals surface area contributed by atoms with Gasteiger partial charge in [0.05, 0.1) is 16.8 Å². The third-order valence-electron chi connectivity index (χ3n) is 4.53. The highest BCUT2D eigenvalue weighted by molar-refractivity contribution is 6.01. The Labute approximate surface area is 163 Å². The lowest BCUT2D eigenvalue weighted by Crippen LogP contribution is -2.16. The minimum absolute atomic E-state index is 0.0999. The van der Waals surface area contributed by atoms with E-state index in [1.54, 1.807) is 30.3 Å². The van der Waals surface area contributed by atoms with Crippen LogP contribution in [0.1, 0.15) is 31.8 Å². The largest absolute Gasteiger partial charge is 0.454 e. The zero-order chi connectivity index (χ0) is 20.1. The van der Waals surface area contributed by atoms with Crippen LogP contribution in [-0.2, 0) is 4.74 Å². The van der Waals surface area contributed by atoms with E-state index in [-0.39, 0.29) is 5.56 Å². The van der Waals surface area contributed by atoms with E-state index in [2.05, 4.69) is 5.32 Å². The molecule has 4 nitrogen and oxygen atoms in total. The zero-order valence-electron chi connectivity index (χ0n) is 15.7. The van der Waals surface area contributed by atoms with Gasteiger partial charge in [0.25, 0.3) is 0 Å². The highest BCUT2D eigenvalue weighted by Crippen LogP contribution is 2.25. The number of nitrogens with one attached hydrogen (secondary N) is 1. The molecule has 0 aromatic heterocycles. The number of carbonyl (C=O) groups excluding carboxylic acids is 2. The molecular formula is C23H20FNO3. The van der Waals surface area contributed by atoms with Crippen molar-refractivity contribution in [1.29, 1.82) is 0 Å². The van der Waals surface area contributed by atoms with Gasteiger partial charge in [0.15, 0.2) is 6.61 Å². The number of ether oxygens (including phenoxy) is 1.